The highest BCUT2D eigenvalue weighted by Gasteiger charge is 2.32. The largest absolute Gasteiger partial charge is 0.418 e. The van der Waals surface area contributed by atoms with E-state index < -0.39 is 11.7 Å². The molecule has 0 aliphatic heterocycles. The third-order valence-corrected chi connectivity index (χ3v) is 3.21. The zero-order chi connectivity index (χ0) is 13.6. The highest BCUT2D eigenvalue weighted by molar-refractivity contribution is 6.18. The van der Waals surface area contributed by atoms with Gasteiger partial charge in [0.25, 0.3) is 0 Å². The highest BCUT2D eigenvalue weighted by atomic mass is 35.5. The van der Waals surface area contributed by atoms with E-state index in [1.54, 1.807) is 6.07 Å². The number of nitrogens with one attached hydrogen (secondary N) is 1. The van der Waals surface area contributed by atoms with Crippen molar-refractivity contribution >= 4 is 17.3 Å². The molecular formula is C13H17ClF3N. The molecule has 1 aromatic rings. The topological polar surface area (TPSA) is 12.0 Å². The quantitative estimate of drug-likeness (QED) is 0.584. The summed E-state index contributed by atoms with van der Waals surface area (Å²) >= 11 is 5.66. The first-order valence-corrected chi connectivity index (χ1v) is 6.44. The molecule has 1 N–H and O–H groups in total. The van der Waals surface area contributed by atoms with Gasteiger partial charge >= 0.3 is 6.18 Å². The van der Waals surface area contributed by atoms with E-state index >= 15 is 0 Å². The summed E-state index contributed by atoms with van der Waals surface area (Å²) in [6.07, 6.45) is -2.60. The lowest BCUT2D eigenvalue weighted by atomic mass is 10.1. The number of anilines is 1. The lowest BCUT2D eigenvalue weighted by molar-refractivity contribution is -0.136. The first-order valence-electron chi connectivity index (χ1n) is 5.91. The Kier molecular flexibility index (Phi) is 5.79. The molecule has 1 nitrogen and oxygen atoms in total. The molecule has 1 aromatic carbocycles. The van der Waals surface area contributed by atoms with Crippen LogP contribution in [0.3, 0.4) is 0 Å². The van der Waals surface area contributed by atoms with Crippen LogP contribution in [0.5, 0.6) is 0 Å². The second-order valence-corrected chi connectivity index (χ2v) is 4.68. The van der Waals surface area contributed by atoms with Gasteiger partial charge in [-0.3, -0.25) is 0 Å². The Morgan fingerprint density at radius 2 is 1.94 bits per heavy atom. The number of alkyl halides is 4. The van der Waals surface area contributed by atoms with E-state index in [1.807, 2.05) is 6.92 Å². The molecule has 0 fully saturated rings. The minimum absolute atomic E-state index is 0.142. The molecular weight excluding hydrogens is 263 g/mol. The van der Waals surface area contributed by atoms with E-state index in [0.717, 1.165) is 18.9 Å². The van der Waals surface area contributed by atoms with Gasteiger partial charge in [-0.25, -0.2) is 0 Å². The van der Waals surface area contributed by atoms with Crippen LogP contribution < -0.4 is 5.32 Å². The van der Waals surface area contributed by atoms with E-state index in [9.17, 15) is 13.2 Å². The Hall–Kier alpha value is -0.900. The van der Waals surface area contributed by atoms with E-state index in [0.29, 0.717) is 18.3 Å². The molecule has 0 aliphatic carbocycles. The van der Waals surface area contributed by atoms with Gasteiger partial charge in [-0.2, -0.15) is 13.2 Å². The Morgan fingerprint density at radius 1 is 1.28 bits per heavy atom. The van der Waals surface area contributed by atoms with E-state index in [-0.39, 0.29) is 5.69 Å². The fraction of sp³-hybridized carbons (Fsp3) is 0.538. The average molecular weight is 280 g/mol. The Bertz CT molecular complexity index is 365. The summed E-state index contributed by atoms with van der Waals surface area (Å²) in [6, 6.07) is 5.53. The van der Waals surface area contributed by atoms with Crippen LogP contribution in [-0.2, 0) is 6.18 Å². The lowest BCUT2D eigenvalue weighted by Gasteiger charge is -2.14. The molecule has 102 valence electrons. The van der Waals surface area contributed by atoms with Crippen molar-refractivity contribution in [2.75, 3.05) is 17.7 Å². The molecule has 0 saturated heterocycles. The molecule has 5 heteroatoms. The van der Waals surface area contributed by atoms with Gasteiger partial charge in [-0.1, -0.05) is 19.1 Å². The molecule has 0 spiro atoms. The summed E-state index contributed by atoms with van der Waals surface area (Å²) in [7, 11) is 0. The first-order chi connectivity index (χ1) is 8.45. The van der Waals surface area contributed by atoms with Crippen molar-refractivity contribution in [3.05, 3.63) is 29.8 Å². The fourth-order valence-electron chi connectivity index (χ4n) is 1.64. The molecule has 0 bridgehead atoms. The highest BCUT2D eigenvalue weighted by Crippen LogP contribution is 2.34. The summed E-state index contributed by atoms with van der Waals surface area (Å²) in [5.74, 6) is 0.977. The molecule has 0 heterocycles. The summed E-state index contributed by atoms with van der Waals surface area (Å²) in [5.41, 5.74) is -0.473. The molecule has 0 amide bonds. The minimum Gasteiger partial charge on any atom is -0.385 e. The zero-order valence-electron chi connectivity index (χ0n) is 10.2. The van der Waals surface area contributed by atoms with Crippen LogP contribution in [0.4, 0.5) is 18.9 Å². The second-order valence-electron chi connectivity index (χ2n) is 4.37. The molecule has 1 unspecified atom stereocenters. The second kappa shape index (κ2) is 6.88. The number of benzene rings is 1. The maximum absolute atomic E-state index is 12.7. The maximum atomic E-state index is 12.7. The Balaban J connectivity index is 2.52. The van der Waals surface area contributed by atoms with E-state index in [4.69, 9.17) is 11.6 Å². The summed E-state index contributed by atoms with van der Waals surface area (Å²) < 4.78 is 38.0. The van der Waals surface area contributed by atoms with Crippen LogP contribution in [0.2, 0.25) is 0 Å². The number of para-hydroxylation sites is 1. The normalized spacial score (nSPS) is 13.4. The van der Waals surface area contributed by atoms with Crippen LogP contribution in [0.1, 0.15) is 25.3 Å². The molecule has 0 aromatic heterocycles. The third-order valence-electron chi connectivity index (χ3n) is 2.69. The van der Waals surface area contributed by atoms with Gasteiger partial charge in [0.05, 0.1) is 5.56 Å². The number of halogens is 4. The van der Waals surface area contributed by atoms with Crippen LogP contribution in [-0.4, -0.2) is 12.4 Å². The van der Waals surface area contributed by atoms with Gasteiger partial charge in [-0.15, -0.1) is 11.6 Å². The molecule has 18 heavy (non-hydrogen) atoms. The Morgan fingerprint density at radius 3 is 2.56 bits per heavy atom. The molecule has 0 radical (unpaired) electrons. The van der Waals surface area contributed by atoms with Gasteiger partial charge in [0.1, 0.15) is 0 Å². The van der Waals surface area contributed by atoms with E-state index in [1.165, 1.54) is 12.1 Å². The van der Waals surface area contributed by atoms with Crippen LogP contribution >= 0.6 is 11.6 Å². The predicted octanol–water partition coefficient (Wildman–Crippen LogP) is 4.77. The molecule has 1 atom stereocenters. The van der Waals surface area contributed by atoms with Gasteiger partial charge in [0, 0.05) is 18.1 Å². The molecule has 1 rings (SSSR count). The minimum atomic E-state index is -4.31. The van der Waals surface area contributed by atoms with Crippen LogP contribution in [0.25, 0.3) is 0 Å². The van der Waals surface area contributed by atoms with Crippen LogP contribution in [0, 0.1) is 5.92 Å². The Labute approximate surface area is 110 Å². The van der Waals surface area contributed by atoms with Crippen molar-refractivity contribution in [1.82, 2.24) is 0 Å². The van der Waals surface area contributed by atoms with Gasteiger partial charge in [0.15, 0.2) is 0 Å². The first kappa shape index (κ1) is 15.2. The predicted molar refractivity (Wildman–Crippen MR) is 69.1 cm³/mol. The van der Waals surface area contributed by atoms with Crippen molar-refractivity contribution in [2.24, 2.45) is 5.92 Å². The third kappa shape index (κ3) is 4.77. The van der Waals surface area contributed by atoms with E-state index in [2.05, 4.69) is 5.32 Å². The van der Waals surface area contributed by atoms with Crippen LogP contribution in [0.15, 0.2) is 24.3 Å². The van der Waals surface area contributed by atoms with Crippen molar-refractivity contribution in [3.63, 3.8) is 0 Å². The number of hydrogen-bond acceptors (Lipinski definition) is 1. The standard InChI is InChI=1S/C13H17ClF3N/c1-10(9-14)5-4-8-18-12-7-3-2-6-11(12)13(15,16)17/h2-3,6-7,10,18H,4-5,8-9H2,1H3. The number of hydrogen-bond donors (Lipinski definition) is 1. The van der Waals surface area contributed by atoms with Gasteiger partial charge < -0.3 is 5.32 Å². The molecule has 0 saturated carbocycles. The zero-order valence-corrected chi connectivity index (χ0v) is 11.0. The fourth-order valence-corrected chi connectivity index (χ4v) is 1.79. The summed E-state index contributed by atoms with van der Waals surface area (Å²) in [5, 5.41) is 2.84. The smallest absolute Gasteiger partial charge is 0.385 e. The van der Waals surface area contributed by atoms with Crippen molar-refractivity contribution in [3.8, 4) is 0 Å². The van der Waals surface area contributed by atoms with Crippen molar-refractivity contribution < 1.29 is 13.2 Å². The summed E-state index contributed by atoms with van der Waals surface area (Å²) in [4.78, 5) is 0. The number of rotatable bonds is 6. The average Bonchev–Trinajstić information content (AvgIpc) is 2.33. The SMILES string of the molecule is CC(CCl)CCCNc1ccccc1C(F)(F)F. The summed E-state index contributed by atoms with van der Waals surface area (Å²) in [6.45, 7) is 2.55. The maximum Gasteiger partial charge on any atom is 0.418 e. The van der Waals surface area contributed by atoms with Crippen molar-refractivity contribution in [1.29, 1.82) is 0 Å². The van der Waals surface area contributed by atoms with Gasteiger partial charge in [0.2, 0.25) is 0 Å². The lowest BCUT2D eigenvalue weighted by Crippen LogP contribution is -2.12. The van der Waals surface area contributed by atoms with Crippen molar-refractivity contribution in [2.45, 2.75) is 25.9 Å². The van der Waals surface area contributed by atoms with Gasteiger partial charge in [-0.05, 0) is 30.9 Å². The molecule has 0 aliphatic rings. The monoisotopic (exact) mass is 279 g/mol.